The van der Waals surface area contributed by atoms with Crippen molar-refractivity contribution in [3.8, 4) is 0 Å². The zero-order valence-corrected chi connectivity index (χ0v) is 17.7. The number of nitrogens with zero attached hydrogens (tertiary/aromatic N) is 2. The van der Waals surface area contributed by atoms with E-state index in [0.29, 0.717) is 12.2 Å². The minimum absolute atomic E-state index is 0.0138. The normalized spacial score (nSPS) is 15.1. The predicted molar refractivity (Wildman–Crippen MR) is 116 cm³/mol. The highest BCUT2D eigenvalue weighted by Crippen LogP contribution is 2.24. The Balaban J connectivity index is 1.66. The molecule has 3 rings (SSSR count). The van der Waals surface area contributed by atoms with Crippen molar-refractivity contribution in [2.24, 2.45) is 0 Å². The largest absolute Gasteiger partial charge is 0.352 e. The minimum atomic E-state index is -3.85. The molecule has 1 aliphatic rings. The van der Waals surface area contributed by atoms with Crippen molar-refractivity contribution in [3.05, 3.63) is 60.2 Å². The number of sulfonamides is 1. The molecule has 1 amide bonds. The van der Waals surface area contributed by atoms with Gasteiger partial charge in [-0.25, -0.2) is 8.42 Å². The van der Waals surface area contributed by atoms with E-state index in [9.17, 15) is 13.2 Å². The Morgan fingerprint density at radius 1 is 1.00 bits per heavy atom. The Labute approximate surface area is 173 Å². The van der Waals surface area contributed by atoms with Crippen molar-refractivity contribution in [1.82, 2.24) is 10.2 Å². The van der Waals surface area contributed by atoms with Gasteiger partial charge in [-0.1, -0.05) is 36.8 Å². The van der Waals surface area contributed by atoms with E-state index in [-0.39, 0.29) is 16.4 Å². The summed E-state index contributed by atoms with van der Waals surface area (Å²) in [5, 5.41) is 2.88. The van der Waals surface area contributed by atoms with Gasteiger partial charge in [-0.2, -0.15) is 0 Å². The molecule has 2 aromatic carbocycles. The third kappa shape index (κ3) is 5.36. The second-order valence-electron chi connectivity index (χ2n) is 7.32. The van der Waals surface area contributed by atoms with Crippen molar-refractivity contribution in [3.63, 3.8) is 0 Å². The molecule has 1 N–H and O–H groups in total. The number of para-hydroxylation sites is 1. The van der Waals surface area contributed by atoms with Crippen LogP contribution in [-0.4, -0.2) is 52.5 Å². The van der Waals surface area contributed by atoms with Gasteiger partial charge in [0, 0.05) is 13.6 Å². The minimum Gasteiger partial charge on any atom is -0.352 e. The number of piperidine rings is 1. The predicted octanol–water partition coefficient (Wildman–Crippen LogP) is 3.12. The number of carbonyl (C=O) groups is 1. The van der Waals surface area contributed by atoms with Crippen LogP contribution in [0.15, 0.2) is 59.5 Å². The lowest BCUT2D eigenvalue weighted by molar-refractivity contribution is 0.0948. The molecule has 0 bridgehead atoms. The maximum Gasteiger partial charge on any atom is 0.264 e. The lowest BCUT2D eigenvalue weighted by Gasteiger charge is -2.26. The quantitative estimate of drug-likeness (QED) is 0.673. The second-order valence-corrected chi connectivity index (χ2v) is 9.25. The molecule has 0 aromatic heterocycles. The van der Waals surface area contributed by atoms with Gasteiger partial charge in [0.25, 0.3) is 15.9 Å². The molecule has 6 nitrogen and oxygen atoms in total. The van der Waals surface area contributed by atoms with E-state index in [0.717, 1.165) is 26.1 Å². The Bertz CT molecular complexity index is 910. The van der Waals surface area contributed by atoms with E-state index >= 15 is 0 Å². The Kier molecular flexibility index (Phi) is 7.28. The standard InChI is InChI=1S/C22H29N3O3S/c1-24(19-11-4-2-5-12-19)29(27,28)21-14-7-6-13-20(21)22(26)23-15-10-18-25-16-8-3-9-17-25/h2,4-7,11-14H,3,8-10,15-18H2,1H3,(H,23,26). The number of amides is 1. The van der Waals surface area contributed by atoms with Gasteiger partial charge in [0.15, 0.2) is 0 Å². The molecule has 1 heterocycles. The molecule has 1 saturated heterocycles. The number of anilines is 1. The first-order valence-corrected chi connectivity index (χ1v) is 11.6. The van der Waals surface area contributed by atoms with Gasteiger partial charge in [-0.3, -0.25) is 9.10 Å². The van der Waals surface area contributed by atoms with Crippen molar-refractivity contribution in [2.45, 2.75) is 30.6 Å². The molecule has 156 valence electrons. The van der Waals surface area contributed by atoms with Crippen LogP contribution in [-0.2, 0) is 10.0 Å². The Morgan fingerprint density at radius 2 is 1.66 bits per heavy atom. The second kappa shape index (κ2) is 9.89. The molecule has 1 fully saturated rings. The zero-order valence-electron chi connectivity index (χ0n) is 16.9. The van der Waals surface area contributed by atoms with Crippen molar-refractivity contribution in [2.75, 3.05) is 37.5 Å². The lowest BCUT2D eigenvalue weighted by atomic mass is 10.1. The molecule has 0 atom stereocenters. The van der Waals surface area contributed by atoms with Crippen LogP contribution in [0.2, 0.25) is 0 Å². The summed E-state index contributed by atoms with van der Waals surface area (Å²) in [6, 6.07) is 15.2. The zero-order chi connectivity index (χ0) is 20.7. The average molecular weight is 416 g/mol. The molecule has 29 heavy (non-hydrogen) atoms. The summed E-state index contributed by atoms with van der Waals surface area (Å²) in [5.74, 6) is -0.357. The average Bonchev–Trinajstić information content (AvgIpc) is 2.77. The van der Waals surface area contributed by atoms with E-state index in [2.05, 4.69) is 10.2 Å². The molecule has 0 saturated carbocycles. The molecular weight excluding hydrogens is 386 g/mol. The van der Waals surface area contributed by atoms with E-state index in [4.69, 9.17) is 0 Å². The smallest absolute Gasteiger partial charge is 0.264 e. The highest BCUT2D eigenvalue weighted by molar-refractivity contribution is 7.92. The highest BCUT2D eigenvalue weighted by atomic mass is 32.2. The molecule has 0 radical (unpaired) electrons. The van der Waals surface area contributed by atoms with E-state index in [1.54, 1.807) is 42.5 Å². The highest BCUT2D eigenvalue weighted by Gasteiger charge is 2.26. The van der Waals surface area contributed by atoms with Gasteiger partial charge < -0.3 is 10.2 Å². The van der Waals surface area contributed by atoms with Crippen molar-refractivity contribution < 1.29 is 13.2 Å². The molecule has 0 aliphatic carbocycles. The molecule has 0 spiro atoms. The van der Waals surface area contributed by atoms with E-state index in [1.165, 1.54) is 36.7 Å². The number of benzene rings is 2. The van der Waals surface area contributed by atoms with Crippen LogP contribution in [0.5, 0.6) is 0 Å². The number of carbonyl (C=O) groups excluding carboxylic acids is 1. The monoisotopic (exact) mass is 415 g/mol. The van der Waals surface area contributed by atoms with E-state index in [1.807, 2.05) is 6.07 Å². The fraction of sp³-hybridized carbons (Fsp3) is 0.409. The van der Waals surface area contributed by atoms with Gasteiger partial charge in [-0.05, 0) is 63.2 Å². The molecule has 7 heteroatoms. The van der Waals surface area contributed by atoms with Gasteiger partial charge in [-0.15, -0.1) is 0 Å². The summed E-state index contributed by atoms with van der Waals surface area (Å²) in [6.45, 7) is 3.73. The summed E-state index contributed by atoms with van der Waals surface area (Å²) < 4.78 is 27.5. The van der Waals surface area contributed by atoms with Crippen LogP contribution < -0.4 is 9.62 Å². The van der Waals surface area contributed by atoms with Gasteiger partial charge in [0.05, 0.1) is 11.3 Å². The molecule has 1 aliphatic heterocycles. The van der Waals surface area contributed by atoms with Gasteiger partial charge >= 0.3 is 0 Å². The first kappa shape index (κ1) is 21.3. The number of hydrogen-bond acceptors (Lipinski definition) is 4. The topological polar surface area (TPSA) is 69.7 Å². The molecule has 2 aromatic rings. The fourth-order valence-corrected chi connectivity index (χ4v) is 4.97. The van der Waals surface area contributed by atoms with Crippen molar-refractivity contribution >= 4 is 21.6 Å². The van der Waals surface area contributed by atoms with Crippen LogP contribution >= 0.6 is 0 Å². The van der Waals surface area contributed by atoms with Crippen LogP contribution in [0.25, 0.3) is 0 Å². The fourth-order valence-electron chi connectivity index (χ4n) is 3.59. The van der Waals surface area contributed by atoms with Crippen LogP contribution in [0.4, 0.5) is 5.69 Å². The lowest BCUT2D eigenvalue weighted by Crippen LogP contribution is -2.34. The molecular formula is C22H29N3O3S. The van der Waals surface area contributed by atoms with Crippen molar-refractivity contribution in [1.29, 1.82) is 0 Å². The number of rotatable bonds is 8. The van der Waals surface area contributed by atoms with Crippen LogP contribution in [0.3, 0.4) is 0 Å². The number of likely N-dealkylation sites (tertiary alicyclic amines) is 1. The maximum absolute atomic E-state index is 13.1. The first-order chi connectivity index (χ1) is 14.0. The molecule has 0 unspecified atom stereocenters. The van der Waals surface area contributed by atoms with Crippen LogP contribution in [0, 0.1) is 0 Å². The summed E-state index contributed by atoms with van der Waals surface area (Å²) in [5.41, 5.74) is 0.720. The Hall–Kier alpha value is -2.38. The number of nitrogens with one attached hydrogen (secondary N) is 1. The van der Waals surface area contributed by atoms with Gasteiger partial charge in [0.1, 0.15) is 4.90 Å². The summed E-state index contributed by atoms with van der Waals surface area (Å²) in [7, 11) is -2.35. The SMILES string of the molecule is CN(c1ccccc1)S(=O)(=O)c1ccccc1C(=O)NCCCN1CCCCC1. The third-order valence-electron chi connectivity index (χ3n) is 5.28. The van der Waals surface area contributed by atoms with Crippen LogP contribution in [0.1, 0.15) is 36.0 Å². The number of hydrogen-bond donors (Lipinski definition) is 1. The maximum atomic E-state index is 13.1. The summed E-state index contributed by atoms with van der Waals surface area (Å²) in [4.78, 5) is 15.1. The Morgan fingerprint density at radius 3 is 2.38 bits per heavy atom. The summed E-state index contributed by atoms with van der Waals surface area (Å²) >= 11 is 0. The van der Waals surface area contributed by atoms with E-state index < -0.39 is 10.0 Å². The first-order valence-electron chi connectivity index (χ1n) is 10.1. The third-order valence-corrected chi connectivity index (χ3v) is 7.12. The van der Waals surface area contributed by atoms with Gasteiger partial charge in [0.2, 0.25) is 0 Å². The summed E-state index contributed by atoms with van der Waals surface area (Å²) in [6.07, 6.45) is 4.64.